The fraction of sp³-hybridized carbons (Fsp3) is 0.800. The van der Waals surface area contributed by atoms with Gasteiger partial charge in [0.15, 0.2) is 5.96 Å². The third-order valence-corrected chi connectivity index (χ3v) is 7.88. The minimum atomic E-state index is 0. The van der Waals surface area contributed by atoms with Crippen molar-refractivity contribution in [2.45, 2.75) is 57.7 Å². The summed E-state index contributed by atoms with van der Waals surface area (Å²) < 4.78 is 0.335. The van der Waals surface area contributed by atoms with Gasteiger partial charge >= 0.3 is 0 Å². The maximum absolute atomic E-state index is 4.88. The highest BCUT2D eigenvalue weighted by Gasteiger charge is 2.29. The number of likely N-dealkylation sites (tertiary alicyclic amines) is 1. The van der Waals surface area contributed by atoms with Crippen molar-refractivity contribution in [1.29, 1.82) is 0 Å². The molecule has 0 amide bonds. The second-order valence-electron chi connectivity index (χ2n) is 8.06. The highest BCUT2D eigenvalue weighted by molar-refractivity contribution is 14.0. The Bertz CT molecular complexity index is 607. The van der Waals surface area contributed by atoms with Gasteiger partial charge in [-0.25, -0.2) is 4.98 Å². The first kappa shape index (κ1) is 24.2. The summed E-state index contributed by atoms with van der Waals surface area (Å²) in [6, 6.07) is 0. The van der Waals surface area contributed by atoms with E-state index in [1.165, 1.54) is 55.2 Å². The maximum Gasteiger partial charge on any atom is 0.191 e. The molecule has 1 aromatic rings. The lowest BCUT2D eigenvalue weighted by molar-refractivity contribution is 0.176. The molecule has 1 atom stereocenters. The van der Waals surface area contributed by atoms with Crippen LogP contribution in [-0.4, -0.2) is 59.1 Å². The van der Waals surface area contributed by atoms with Gasteiger partial charge in [0, 0.05) is 29.8 Å². The van der Waals surface area contributed by atoms with Gasteiger partial charge in [0.05, 0.1) is 17.2 Å². The summed E-state index contributed by atoms with van der Waals surface area (Å²) in [5.41, 5.74) is 1.23. The lowest BCUT2D eigenvalue weighted by atomic mass is 9.97. The Hall–Kier alpha value is -0.0600. The summed E-state index contributed by atoms with van der Waals surface area (Å²) in [6.07, 6.45) is 5.13. The van der Waals surface area contributed by atoms with Crippen LogP contribution in [0.2, 0.25) is 0 Å². The van der Waals surface area contributed by atoms with Crippen molar-refractivity contribution in [1.82, 2.24) is 20.5 Å². The third kappa shape index (κ3) is 7.65. The van der Waals surface area contributed by atoms with Gasteiger partial charge in [0.1, 0.15) is 0 Å². The molecule has 0 spiro atoms. The van der Waals surface area contributed by atoms with Crippen LogP contribution in [0.3, 0.4) is 0 Å². The monoisotopic (exact) mass is 537 g/mol. The van der Waals surface area contributed by atoms with E-state index in [-0.39, 0.29) is 24.0 Å². The zero-order valence-electron chi connectivity index (χ0n) is 17.5. The predicted molar refractivity (Wildman–Crippen MR) is 134 cm³/mol. The van der Waals surface area contributed by atoms with Gasteiger partial charge < -0.3 is 10.6 Å². The van der Waals surface area contributed by atoms with E-state index in [1.807, 2.05) is 0 Å². The molecule has 3 rings (SSSR count). The molecule has 2 N–H and O–H groups in total. The number of halogens is 1. The molecule has 3 heterocycles. The molecule has 5 nitrogen and oxygen atoms in total. The van der Waals surface area contributed by atoms with Gasteiger partial charge in [-0.15, -0.1) is 35.3 Å². The number of rotatable bonds is 7. The summed E-state index contributed by atoms with van der Waals surface area (Å²) >= 11 is 3.83. The Labute approximate surface area is 196 Å². The largest absolute Gasteiger partial charge is 0.357 e. The van der Waals surface area contributed by atoms with E-state index in [0.717, 1.165) is 38.1 Å². The molecule has 8 heteroatoms. The van der Waals surface area contributed by atoms with Gasteiger partial charge in [0.25, 0.3) is 0 Å². The van der Waals surface area contributed by atoms with Gasteiger partial charge in [0.2, 0.25) is 0 Å². The second-order valence-corrected chi connectivity index (χ2v) is 10.8. The Balaban J connectivity index is 0.00000280. The highest BCUT2D eigenvalue weighted by atomic mass is 127. The van der Waals surface area contributed by atoms with Gasteiger partial charge in [-0.05, 0) is 71.2 Å². The number of nitrogens with zero attached hydrogens (tertiary/aromatic N) is 3. The zero-order chi connectivity index (χ0) is 19.1. The van der Waals surface area contributed by atoms with Crippen molar-refractivity contribution in [2.75, 3.05) is 38.5 Å². The Morgan fingerprint density at radius 3 is 2.75 bits per heavy atom. The minimum absolute atomic E-state index is 0. The van der Waals surface area contributed by atoms with Crippen LogP contribution in [-0.2, 0) is 6.54 Å². The van der Waals surface area contributed by atoms with Crippen LogP contribution in [0.25, 0.3) is 0 Å². The van der Waals surface area contributed by atoms with Crippen LogP contribution in [0, 0.1) is 12.8 Å². The van der Waals surface area contributed by atoms with E-state index >= 15 is 0 Å². The molecule has 160 valence electrons. The van der Waals surface area contributed by atoms with E-state index in [9.17, 15) is 0 Å². The van der Waals surface area contributed by atoms with Crippen molar-refractivity contribution in [3.8, 4) is 0 Å². The predicted octanol–water partition coefficient (Wildman–Crippen LogP) is 4.12. The number of guanidine groups is 1. The zero-order valence-corrected chi connectivity index (χ0v) is 21.5. The van der Waals surface area contributed by atoms with Crippen LogP contribution in [0.1, 0.15) is 50.2 Å². The minimum Gasteiger partial charge on any atom is -0.357 e. The summed E-state index contributed by atoms with van der Waals surface area (Å²) in [4.78, 5) is 12.0. The number of hydrogen-bond donors (Lipinski definition) is 2. The van der Waals surface area contributed by atoms with Crippen LogP contribution in [0.15, 0.2) is 10.4 Å². The molecule has 0 aliphatic carbocycles. The molecule has 28 heavy (non-hydrogen) atoms. The Morgan fingerprint density at radius 1 is 1.36 bits per heavy atom. The van der Waals surface area contributed by atoms with Gasteiger partial charge in [-0.2, -0.15) is 11.8 Å². The molecule has 0 aromatic carbocycles. The van der Waals surface area contributed by atoms with E-state index in [1.54, 1.807) is 11.3 Å². The SMILES string of the molecule is CCNC(=NCC1(C)CCCS1)NCC1CCN(Cc2csc(C)n2)CC1.I. The summed E-state index contributed by atoms with van der Waals surface area (Å²) in [6.45, 7) is 12.8. The third-order valence-electron chi connectivity index (χ3n) is 5.53. The van der Waals surface area contributed by atoms with Crippen LogP contribution in [0.4, 0.5) is 0 Å². The number of thiazole rings is 1. The van der Waals surface area contributed by atoms with E-state index < -0.39 is 0 Å². The van der Waals surface area contributed by atoms with Crippen molar-refractivity contribution < 1.29 is 0 Å². The number of nitrogens with one attached hydrogen (secondary N) is 2. The molecule has 2 aliphatic heterocycles. The van der Waals surface area contributed by atoms with Crippen LogP contribution >= 0.6 is 47.1 Å². The average molecular weight is 538 g/mol. The molecule has 0 saturated carbocycles. The second kappa shape index (κ2) is 12.0. The smallest absolute Gasteiger partial charge is 0.191 e. The molecular weight excluding hydrogens is 501 g/mol. The number of aromatic nitrogens is 1. The van der Waals surface area contributed by atoms with E-state index in [2.05, 4.69) is 58.4 Å². The standard InChI is InChI=1S/C20H35N5S2.HI/c1-4-21-19(23-15-20(3)8-5-11-27-20)22-12-17-6-9-25(10-7-17)13-18-14-26-16(2)24-18;/h14,17H,4-13,15H2,1-3H3,(H2,21,22,23);1H. The lowest BCUT2D eigenvalue weighted by Crippen LogP contribution is -2.43. The highest BCUT2D eigenvalue weighted by Crippen LogP contribution is 2.37. The van der Waals surface area contributed by atoms with Crippen molar-refractivity contribution in [3.05, 3.63) is 16.1 Å². The first-order chi connectivity index (χ1) is 13.1. The molecule has 2 fully saturated rings. The molecular formula is C20H36IN5S2. The summed E-state index contributed by atoms with van der Waals surface area (Å²) in [7, 11) is 0. The quantitative estimate of drug-likeness (QED) is 0.312. The lowest BCUT2D eigenvalue weighted by Gasteiger charge is -2.32. The molecule has 2 saturated heterocycles. The van der Waals surface area contributed by atoms with Gasteiger partial charge in [-0.3, -0.25) is 9.89 Å². The molecule has 2 aliphatic rings. The van der Waals surface area contributed by atoms with Gasteiger partial charge in [-0.1, -0.05) is 0 Å². The molecule has 0 radical (unpaired) electrons. The topological polar surface area (TPSA) is 52.6 Å². The molecule has 0 bridgehead atoms. The molecule has 1 aromatic heterocycles. The summed E-state index contributed by atoms with van der Waals surface area (Å²) in [5.74, 6) is 3.01. The number of hydrogen-bond acceptors (Lipinski definition) is 5. The number of piperidine rings is 1. The van der Waals surface area contributed by atoms with Crippen molar-refractivity contribution >= 4 is 53.0 Å². The van der Waals surface area contributed by atoms with Crippen LogP contribution < -0.4 is 10.6 Å². The number of thioether (sulfide) groups is 1. The normalized spacial score (nSPS) is 24.2. The Morgan fingerprint density at radius 2 is 2.14 bits per heavy atom. The van der Waals surface area contributed by atoms with E-state index in [4.69, 9.17) is 4.99 Å². The first-order valence-corrected chi connectivity index (χ1v) is 12.2. The summed E-state index contributed by atoms with van der Waals surface area (Å²) in [5, 5.41) is 10.4. The van der Waals surface area contributed by atoms with Crippen molar-refractivity contribution in [3.63, 3.8) is 0 Å². The number of aliphatic imine (C=N–C) groups is 1. The molecule has 1 unspecified atom stereocenters. The number of aryl methyl sites for hydroxylation is 1. The van der Waals surface area contributed by atoms with Crippen LogP contribution in [0.5, 0.6) is 0 Å². The average Bonchev–Trinajstić information content (AvgIpc) is 3.27. The fourth-order valence-corrected chi connectivity index (χ4v) is 5.68. The van der Waals surface area contributed by atoms with E-state index in [0.29, 0.717) is 4.75 Å². The first-order valence-electron chi connectivity index (χ1n) is 10.4. The fourth-order valence-electron chi connectivity index (χ4n) is 3.85. The van der Waals surface area contributed by atoms with Crippen molar-refractivity contribution in [2.24, 2.45) is 10.9 Å². The maximum atomic E-state index is 4.88. The Kier molecular flexibility index (Phi) is 10.3.